The van der Waals surface area contributed by atoms with Crippen LogP contribution in [0, 0.1) is 5.92 Å². The van der Waals surface area contributed by atoms with Crippen molar-refractivity contribution in [1.29, 1.82) is 0 Å². The molecule has 4 heteroatoms. The molecule has 17 heavy (non-hydrogen) atoms. The van der Waals surface area contributed by atoms with Gasteiger partial charge in [-0.3, -0.25) is 0 Å². The minimum absolute atomic E-state index is 0.305. The molecule has 0 spiro atoms. The fourth-order valence-corrected chi connectivity index (χ4v) is 2.32. The Labute approximate surface area is 101 Å². The molecule has 0 radical (unpaired) electrons. The molecule has 4 nitrogen and oxygen atoms in total. The van der Waals surface area contributed by atoms with Gasteiger partial charge < -0.3 is 15.7 Å². The van der Waals surface area contributed by atoms with Gasteiger partial charge in [0.05, 0.1) is 16.9 Å². The Morgan fingerprint density at radius 3 is 2.65 bits per heavy atom. The number of anilines is 2. The molecule has 1 aliphatic rings. The molecule has 1 fully saturated rings. The Kier molecular flexibility index (Phi) is 3.22. The molecule has 1 aromatic carbocycles. The first-order valence-electron chi connectivity index (χ1n) is 5.96. The lowest BCUT2D eigenvalue weighted by Gasteiger charge is -2.33. The van der Waals surface area contributed by atoms with Gasteiger partial charge in [-0.1, -0.05) is 13.0 Å². The summed E-state index contributed by atoms with van der Waals surface area (Å²) < 4.78 is 0. The molecule has 0 atom stereocenters. The number of carbonyl (C=O) groups is 1. The van der Waals surface area contributed by atoms with E-state index in [4.69, 9.17) is 5.73 Å². The topological polar surface area (TPSA) is 66.6 Å². The van der Waals surface area contributed by atoms with E-state index < -0.39 is 5.97 Å². The minimum atomic E-state index is -0.911. The van der Waals surface area contributed by atoms with Crippen molar-refractivity contribution in [3.8, 4) is 0 Å². The molecule has 1 aromatic rings. The summed E-state index contributed by atoms with van der Waals surface area (Å²) in [7, 11) is 0. The van der Waals surface area contributed by atoms with Crippen molar-refractivity contribution in [1.82, 2.24) is 0 Å². The molecular weight excluding hydrogens is 216 g/mol. The van der Waals surface area contributed by atoms with Crippen LogP contribution in [0.15, 0.2) is 18.2 Å². The van der Waals surface area contributed by atoms with E-state index in [0.717, 1.165) is 25.9 Å². The van der Waals surface area contributed by atoms with E-state index in [9.17, 15) is 9.90 Å². The van der Waals surface area contributed by atoms with Gasteiger partial charge in [-0.15, -0.1) is 0 Å². The van der Waals surface area contributed by atoms with Crippen molar-refractivity contribution in [2.45, 2.75) is 19.8 Å². The summed E-state index contributed by atoms with van der Waals surface area (Å²) in [6.45, 7) is 4.00. The summed E-state index contributed by atoms with van der Waals surface area (Å²) in [5.74, 6) is -0.199. The molecule has 0 amide bonds. The molecule has 3 N–H and O–H groups in total. The van der Waals surface area contributed by atoms with E-state index in [1.54, 1.807) is 18.2 Å². The van der Waals surface area contributed by atoms with E-state index in [2.05, 4.69) is 11.8 Å². The zero-order valence-electron chi connectivity index (χ0n) is 10.0. The maximum Gasteiger partial charge on any atom is 0.337 e. The summed E-state index contributed by atoms with van der Waals surface area (Å²) in [6, 6.07) is 5.07. The van der Waals surface area contributed by atoms with Gasteiger partial charge >= 0.3 is 5.97 Å². The number of para-hydroxylation sites is 1. The maximum absolute atomic E-state index is 11.2. The number of piperidine rings is 1. The number of hydrogen-bond acceptors (Lipinski definition) is 3. The van der Waals surface area contributed by atoms with Gasteiger partial charge in [-0.25, -0.2) is 4.79 Å². The van der Waals surface area contributed by atoms with E-state index >= 15 is 0 Å². The SMILES string of the molecule is CC1CCN(c2c(N)cccc2C(=O)O)CC1. The van der Waals surface area contributed by atoms with Crippen molar-refractivity contribution in [3.05, 3.63) is 23.8 Å². The molecule has 0 aromatic heterocycles. The van der Waals surface area contributed by atoms with Crippen molar-refractivity contribution < 1.29 is 9.90 Å². The van der Waals surface area contributed by atoms with E-state index in [-0.39, 0.29) is 0 Å². The van der Waals surface area contributed by atoms with Gasteiger partial charge in [-0.05, 0) is 30.9 Å². The average molecular weight is 234 g/mol. The first kappa shape index (κ1) is 11.8. The van der Waals surface area contributed by atoms with Gasteiger partial charge in [0, 0.05) is 13.1 Å². The maximum atomic E-state index is 11.2. The molecule has 1 aliphatic heterocycles. The van der Waals surface area contributed by atoms with Crippen LogP contribution < -0.4 is 10.6 Å². The highest BCUT2D eigenvalue weighted by atomic mass is 16.4. The summed E-state index contributed by atoms with van der Waals surface area (Å²) in [6.07, 6.45) is 2.18. The predicted molar refractivity (Wildman–Crippen MR) is 68.4 cm³/mol. The number of nitrogen functional groups attached to an aromatic ring is 1. The number of nitrogens with zero attached hydrogens (tertiary/aromatic N) is 1. The van der Waals surface area contributed by atoms with Crippen molar-refractivity contribution in [3.63, 3.8) is 0 Å². The standard InChI is InChI=1S/C13H18N2O2/c1-9-5-7-15(8-6-9)12-10(13(16)17)3-2-4-11(12)14/h2-4,9H,5-8,14H2,1H3,(H,16,17). The lowest BCUT2D eigenvalue weighted by molar-refractivity contribution is 0.0697. The average Bonchev–Trinajstić information content (AvgIpc) is 2.30. The molecule has 92 valence electrons. The van der Waals surface area contributed by atoms with Crippen LogP contribution >= 0.6 is 0 Å². The quantitative estimate of drug-likeness (QED) is 0.770. The second kappa shape index (κ2) is 4.65. The van der Waals surface area contributed by atoms with Crippen LogP contribution in [0.1, 0.15) is 30.1 Å². The Bertz CT molecular complexity index is 423. The number of hydrogen-bond donors (Lipinski definition) is 2. The van der Waals surface area contributed by atoms with Gasteiger partial charge in [0.25, 0.3) is 0 Å². The first-order valence-corrected chi connectivity index (χ1v) is 5.96. The normalized spacial score (nSPS) is 17.1. The minimum Gasteiger partial charge on any atom is -0.478 e. The Morgan fingerprint density at radius 1 is 1.41 bits per heavy atom. The second-order valence-electron chi connectivity index (χ2n) is 4.72. The van der Waals surface area contributed by atoms with Gasteiger partial charge in [0.1, 0.15) is 0 Å². The third-order valence-electron chi connectivity index (χ3n) is 3.40. The molecule has 2 rings (SSSR count). The monoisotopic (exact) mass is 234 g/mol. The van der Waals surface area contributed by atoms with Crippen LogP contribution in [0.5, 0.6) is 0 Å². The lowest BCUT2D eigenvalue weighted by Crippen LogP contribution is -2.34. The summed E-state index contributed by atoms with van der Waals surface area (Å²) in [5, 5.41) is 9.19. The third-order valence-corrected chi connectivity index (χ3v) is 3.40. The highest BCUT2D eigenvalue weighted by molar-refractivity contribution is 5.98. The van der Waals surface area contributed by atoms with Crippen LogP contribution in [-0.2, 0) is 0 Å². The molecule has 0 bridgehead atoms. The molecule has 1 heterocycles. The van der Waals surface area contributed by atoms with Gasteiger partial charge in [0.2, 0.25) is 0 Å². The number of carboxylic acid groups (broad SMARTS) is 1. The Balaban J connectivity index is 2.33. The number of rotatable bonds is 2. The van der Waals surface area contributed by atoms with Crippen LogP contribution in [0.2, 0.25) is 0 Å². The zero-order valence-corrected chi connectivity index (χ0v) is 10.0. The van der Waals surface area contributed by atoms with Crippen molar-refractivity contribution in [2.24, 2.45) is 5.92 Å². The smallest absolute Gasteiger partial charge is 0.337 e. The fourth-order valence-electron chi connectivity index (χ4n) is 2.32. The first-order chi connectivity index (χ1) is 8.09. The fraction of sp³-hybridized carbons (Fsp3) is 0.462. The Hall–Kier alpha value is -1.71. The molecule has 1 saturated heterocycles. The van der Waals surface area contributed by atoms with Crippen molar-refractivity contribution >= 4 is 17.3 Å². The predicted octanol–water partition coefficient (Wildman–Crippen LogP) is 2.20. The number of aromatic carboxylic acids is 1. The molecule has 0 aliphatic carbocycles. The summed E-state index contributed by atoms with van der Waals surface area (Å²) in [5.41, 5.74) is 7.47. The van der Waals surface area contributed by atoms with E-state index in [0.29, 0.717) is 22.9 Å². The van der Waals surface area contributed by atoms with E-state index in [1.807, 2.05) is 0 Å². The highest BCUT2D eigenvalue weighted by Gasteiger charge is 2.22. The number of benzene rings is 1. The van der Waals surface area contributed by atoms with Crippen LogP contribution in [0.4, 0.5) is 11.4 Å². The molecule has 0 saturated carbocycles. The van der Waals surface area contributed by atoms with Gasteiger partial charge in [0.15, 0.2) is 0 Å². The number of carboxylic acids is 1. The molecular formula is C13H18N2O2. The zero-order chi connectivity index (χ0) is 12.4. The largest absolute Gasteiger partial charge is 0.478 e. The van der Waals surface area contributed by atoms with Crippen LogP contribution in [-0.4, -0.2) is 24.2 Å². The Morgan fingerprint density at radius 2 is 2.06 bits per heavy atom. The highest BCUT2D eigenvalue weighted by Crippen LogP contribution is 2.31. The van der Waals surface area contributed by atoms with E-state index in [1.165, 1.54) is 0 Å². The van der Waals surface area contributed by atoms with Crippen molar-refractivity contribution in [2.75, 3.05) is 23.7 Å². The second-order valence-corrected chi connectivity index (χ2v) is 4.72. The summed E-state index contributed by atoms with van der Waals surface area (Å²) in [4.78, 5) is 13.3. The summed E-state index contributed by atoms with van der Waals surface area (Å²) >= 11 is 0. The third kappa shape index (κ3) is 2.35. The van der Waals surface area contributed by atoms with Crippen LogP contribution in [0.3, 0.4) is 0 Å². The molecule has 0 unspecified atom stereocenters. The van der Waals surface area contributed by atoms with Crippen LogP contribution in [0.25, 0.3) is 0 Å². The number of nitrogens with two attached hydrogens (primary N) is 1. The lowest BCUT2D eigenvalue weighted by atomic mass is 9.97. The van der Waals surface area contributed by atoms with Gasteiger partial charge in [-0.2, -0.15) is 0 Å².